The van der Waals surface area contributed by atoms with E-state index in [0.29, 0.717) is 22.9 Å². The van der Waals surface area contributed by atoms with Gasteiger partial charge < -0.3 is 10.1 Å². The van der Waals surface area contributed by atoms with Crippen LogP contribution in [0.25, 0.3) is 33.2 Å². The van der Waals surface area contributed by atoms with Crippen LogP contribution in [-0.2, 0) is 0 Å². The van der Waals surface area contributed by atoms with Crippen LogP contribution in [0.4, 0.5) is 20.4 Å². The summed E-state index contributed by atoms with van der Waals surface area (Å²) in [6.45, 7) is 0. The fourth-order valence-electron chi connectivity index (χ4n) is 3.38. The van der Waals surface area contributed by atoms with Crippen molar-refractivity contribution in [3.8, 4) is 17.1 Å². The Labute approximate surface area is 169 Å². The van der Waals surface area contributed by atoms with Crippen LogP contribution in [0, 0.1) is 11.6 Å². The molecule has 30 heavy (non-hydrogen) atoms. The number of benzene rings is 3. The molecule has 0 fully saturated rings. The van der Waals surface area contributed by atoms with E-state index in [0.717, 1.165) is 17.0 Å². The number of nitrogens with zero attached hydrogens (tertiary/aromatic N) is 3. The zero-order valence-corrected chi connectivity index (χ0v) is 15.8. The fourth-order valence-corrected chi connectivity index (χ4v) is 3.38. The number of anilines is 2. The Bertz CT molecular complexity index is 1400. The first-order valence-corrected chi connectivity index (χ1v) is 9.14. The lowest BCUT2D eigenvalue weighted by Crippen LogP contribution is -2.01. The van der Waals surface area contributed by atoms with Crippen LogP contribution in [0.2, 0.25) is 0 Å². The van der Waals surface area contributed by atoms with Crippen LogP contribution in [0.5, 0.6) is 5.75 Å². The second-order valence-corrected chi connectivity index (χ2v) is 6.62. The third kappa shape index (κ3) is 2.98. The van der Waals surface area contributed by atoms with Crippen molar-refractivity contribution in [2.45, 2.75) is 0 Å². The van der Waals surface area contributed by atoms with Crippen molar-refractivity contribution in [1.29, 1.82) is 0 Å². The molecule has 3 aromatic carbocycles. The number of methoxy groups -OCH3 is 1. The maximum absolute atomic E-state index is 14.0. The van der Waals surface area contributed by atoms with Gasteiger partial charge in [-0.25, -0.2) is 18.7 Å². The summed E-state index contributed by atoms with van der Waals surface area (Å²) >= 11 is 0. The van der Waals surface area contributed by atoms with E-state index in [1.54, 1.807) is 7.11 Å². The summed E-state index contributed by atoms with van der Waals surface area (Å²) in [6, 6.07) is 16.9. The Balaban J connectivity index is 1.69. The molecule has 0 saturated heterocycles. The number of fused-ring (bicyclic) bond motifs is 2. The third-order valence-corrected chi connectivity index (χ3v) is 4.78. The molecule has 8 heteroatoms. The summed E-state index contributed by atoms with van der Waals surface area (Å²) in [4.78, 5) is 9.32. The van der Waals surface area contributed by atoms with E-state index in [4.69, 9.17) is 4.74 Å². The van der Waals surface area contributed by atoms with Crippen LogP contribution >= 0.6 is 0 Å². The molecule has 6 nitrogen and oxygen atoms in total. The summed E-state index contributed by atoms with van der Waals surface area (Å²) in [7, 11) is 1.58. The number of halogens is 2. The van der Waals surface area contributed by atoms with E-state index in [1.807, 2.05) is 48.5 Å². The van der Waals surface area contributed by atoms with Gasteiger partial charge in [0.15, 0.2) is 17.5 Å². The van der Waals surface area contributed by atoms with Gasteiger partial charge >= 0.3 is 0 Å². The van der Waals surface area contributed by atoms with Crippen molar-refractivity contribution in [3.05, 3.63) is 72.3 Å². The van der Waals surface area contributed by atoms with E-state index in [-0.39, 0.29) is 16.7 Å². The molecule has 0 amide bonds. The molecule has 5 rings (SSSR count). The second-order valence-electron chi connectivity index (χ2n) is 6.62. The molecular weight excluding hydrogens is 388 g/mol. The molecule has 148 valence electrons. The highest BCUT2D eigenvalue weighted by Crippen LogP contribution is 2.33. The van der Waals surface area contributed by atoms with Gasteiger partial charge in [-0.2, -0.15) is 5.10 Å². The third-order valence-electron chi connectivity index (χ3n) is 4.78. The minimum Gasteiger partial charge on any atom is -0.496 e. The first kappa shape index (κ1) is 18.0. The molecule has 0 atom stereocenters. The van der Waals surface area contributed by atoms with Gasteiger partial charge in [0.1, 0.15) is 22.9 Å². The van der Waals surface area contributed by atoms with Crippen molar-refractivity contribution in [2.24, 2.45) is 0 Å². The highest BCUT2D eigenvalue weighted by molar-refractivity contribution is 5.97. The Morgan fingerprint density at radius 2 is 1.70 bits per heavy atom. The monoisotopic (exact) mass is 403 g/mol. The highest BCUT2D eigenvalue weighted by Gasteiger charge is 2.16. The molecule has 0 bridgehead atoms. The van der Waals surface area contributed by atoms with E-state index in [9.17, 15) is 8.78 Å². The number of rotatable bonds is 4. The lowest BCUT2D eigenvalue weighted by molar-refractivity contribution is 0.416. The molecule has 0 spiro atoms. The number of aromatic nitrogens is 4. The van der Waals surface area contributed by atoms with Gasteiger partial charge in [0.05, 0.1) is 23.6 Å². The lowest BCUT2D eigenvalue weighted by atomic mass is 10.1. The number of H-pyrrole nitrogens is 1. The average Bonchev–Trinajstić information content (AvgIpc) is 3.16. The van der Waals surface area contributed by atoms with Crippen LogP contribution in [0.15, 0.2) is 60.7 Å². The number of para-hydroxylation sites is 2. The largest absolute Gasteiger partial charge is 0.496 e. The molecule has 2 heterocycles. The molecular formula is C22H15F2N5O. The smallest absolute Gasteiger partial charge is 0.165 e. The van der Waals surface area contributed by atoms with Gasteiger partial charge in [0.2, 0.25) is 0 Å². The Hall–Kier alpha value is -4.07. The summed E-state index contributed by atoms with van der Waals surface area (Å²) in [5.41, 5.74) is 1.54. The van der Waals surface area contributed by atoms with Crippen molar-refractivity contribution >= 4 is 33.4 Å². The predicted octanol–water partition coefficient (Wildman–Crippen LogP) is 5.20. The van der Waals surface area contributed by atoms with Crippen molar-refractivity contribution in [1.82, 2.24) is 20.2 Å². The first-order chi connectivity index (χ1) is 14.6. The van der Waals surface area contributed by atoms with Crippen LogP contribution < -0.4 is 10.1 Å². The normalized spacial score (nSPS) is 11.2. The lowest BCUT2D eigenvalue weighted by Gasteiger charge is -2.12. The highest BCUT2D eigenvalue weighted by atomic mass is 19.1. The van der Waals surface area contributed by atoms with E-state index >= 15 is 0 Å². The molecule has 0 aliphatic rings. The zero-order chi connectivity index (χ0) is 20.7. The molecule has 2 aromatic heterocycles. The Morgan fingerprint density at radius 3 is 2.57 bits per heavy atom. The van der Waals surface area contributed by atoms with Crippen LogP contribution in [0.3, 0.4) is 0 Å². The number of hydrogen-bond donors (Lipinski definition) is 2. The first-order valence-electron chi connectivity index (χ1n) is 9.14. The van der Waals surface area contributed by atoms with E-state index in [1.165, 1.54) is 6.07 Å². The van der Waals surface area contributed by atoms with Gasteiger partial charge in [-0.3, -0.25) is 5.10 Å². The Morgan fingerprint density at radius 1 is 0.900 bits per heavy atom. The van der Waals surface area contributed by atoms with Crippen molar-refractivity contribution in [3.63, 3.8) is 0 Å². The van der Waals surface area contributed by atoms with Crippen LogP contribution in [0.1, 0.15) is 0 Å². The van der Waals surface area contributed by atoms with Gasteiger partial charge in [-0.15, -0.1) is 0 Å². The molecule has 0 saturated carbocycles. The van der Waals surface area contributed by atoms with Crippen LogP contribution in [-0.4, -0.2) is 27.3 Å². The molecule has 0 unspecified atom stereocenters. The SMILES string of the molecule is COc1ccccc1-c1nc(Nc2n[nH]c3c(F)cc(F)cc23)c2ccccc2n1. The topological polar surface area (TPSA) is 75.7 Å². The minimum absolute atomic E-state index is 0.113. The van der Waals surface area contributed by atoms with Gasteiger partial charge in [-0.1, -0.05) is 24.3 Å². The summed E-state index contributed by atoms with van der Waals surface area (Å²) in [5, 5.41) is 10.8. The second kappa shape index (κ2) is 7.07. The zero-order valence-electron chi connectivity index (χ0n) is 15.8. The molecule has 0 radical (unpaired) electrons. The number of nitrogens with one attached hydrogen (secondary N) is 2. The molecule has 0 aliphatic heterocycles. The summed E-state index contributed by atoms with van der Waals surface area (Å²) < 4.78 is 33.2. The van der Waals surface area contributed by atoms with Gasteiger partial charge in [0.25, 0.3) is 0 Å². The maximum atomic E-state index is 14.0. The molecule has 2 N–H and O–H groups in total. The van der Waals surface area contributed by atoms with Crippen molar-refractivity contribution in [2.75, 3.05) is 12.4 Å². The van der Waals surface area contributed by atoms with Gasteiger partial charge in [0, 0.05) is 11.5 Å². The van der Waals surface area contributed by atoms with E-state index < -0.39 is 11.6 Å². The molecule has 0 aliphatic carbocycles. The predicted molar refractivity (Wildman–Crippen MR) is 111 cm³/mol. The fraction of sp³-hybridized carbons (Fsp3) is 0.0455. The number of aromatic amines is 1. The number of hydrogen-bond acceptors (Lipinski definition) is 5. The van der Waals surface area contributed by atoms with E-state index in [2.05, 4.69) is 25.5 Å². The molecule has 5 aromatic rings. The quantitative estimate of drug-likeness (QED) is 0.431. The number of ether oxygens (including phenoxy) is 1. The average molecular weight is 403 g/mol. The summed E-state index contributed by atoms with van der Waals surface area (Å²) in [5.74, 6) is 0.399. The maximum Gasteiger partial charge on any atom is 0.165 e. The summed E-state index contributed by atoms with van der Waals surface area (Å²) in [6.07, 6.45) is 0. The Kier molecular flexibility index (Phi) is 4.24. The minimum atomic E-state index is -0.715. The standard InChI is InChI=1S/C22H15F2N5O/c1-30-18-9-5-3-7-14(18)21-25-17-8-4-2-6-13(17)20(26-21)27-22-15-10-12(23)11-16(24)19(15)28-29-22/h2-11H,1H3,(H2,25,26,27,28,29). The van der Waals surface area contributed by atoms with Crippen molar-refractivity contribution < 1.29 is 13.5 Å². The van der Waals surface area contributed by atoms with Gasteiger partial charge in [-0.05, 0) is 30.3 Å².